The minimum Gasteiger partial charge on any atom is -0.465 e. The van der Waals surface area contributed by atoms with Gasteiger partial charge >= 0.3 is 6.09 Å². The van der Waals surface area contributed by atoms with Crippen molar-refractivity contribution in [3.05, 3.63) is 34.1 Å². The molecule has 0 unspecified atom stereocenters. The topological polar surface area (TPSA) is 86.7 Å². The maximum absolute atomic E-state index is 14.1. The van der Waals surface area contributed by atoms with Gasteiger partial charge in [0.25, 0.3) is 0 Å². The number of nitrogens with zero attached hydrogens (tertiary/aromatic N) is 1. The molecule has 6 nitrogen and oxygen atoms in total. The first-order valence-electron chi connectivity index (χ1n) is 6.73. The van der Waals surface area contributed by atoms with Gasteiger partial charge in [0.2, 0.25) is 16.0 Å². The Bertz CT molecular complexity index is 701. The van der Waals surface area contributed by atoms with Gasteiger partial charge in [0.1, 0.15) is 5.82 Å². The van der Waals surface area contributed by atoms with Crippen LogP contribution in [0, 0.1) is 5.82 Å². The Morgan fingerprint density at radius 2 is 2.17 bits per heavy atom. The van der Waals surface area contributed by atoms with Crippen molar-refractivity contribution < 1.29 is 27.1 Å². The molecule has 1 fully saturated rings. The van der Waals surface area contributed by atoms with Crippen LogP contribution in [0.25, 0.3) is 0 Å². The molecule has 1 aromatic rings. The Morgan fingerprint density at radius 3 is 2.78 bits per heavy atom. The molecule has 1 aliphatic rings. The third-order valence-corrected chi connectivity index (χ3v) is 5.29. The lowest BCUT2D eigenvalue weighted by Crippen LogP contribution is -2.47. The van der Waals surface area contributed by atoms with E-state index in [1.807, 2.05) is 0 Å². The molecule has 0 aromatic heterocycles. The van der Waals surface area contributed by atoms with Gasteiger partial charge < -0.3 is 10.0 Å². The zero-order valence-electron chi connectivity index (χ0n) is 11.9. The Labute approximate surface area is 140 Å². The average Bonchev–Trinajstić information content (AvgIpc) is 2.86. The van der Waals surface area contributed by atoms with Crippen molar-refractivity contribution in [1.29, 1.82) is 0 Å². The smallest absolute Gasteiger partial charge is 0.407 e. The van der Waals surface area contributed by atoms with E-state index in [1.165, 1.54) is 12.1 Å². The van der Waals surface area contributed by atoms with Crippen LogP contribution in [-0.2, 0) is 16.4 Å². The van der Waals surface area contributed by atoms with Crippen molar-refractivity contribution in [3.8, 4) is 0 Å². The number of hydrogen-bond acceptors (Lipinski definition) is 3. The summed E-state index contributed by atoms with van der Waals surface area (Å²) in [5.74, 6) is -0.531. The van der Waals surface area contributed by atoms with E-state index in [9.17, 15) is 27.1 Å². The van der Waals surface area contributed by atoms with Crippen molar-refractivity contribution in [2.24, 2.45) is 0 Å². The van der Waals surface area contributed by atoms with Gasteiger partial charge in [0.15, 0.2) is 0 Å². The minimum atomic E-state index is -4.13. The lowest BCUT2D eigenvalue weighted by molar-refractivity contribution is 0.137. The molecule has 128 valence electrons. The fourth-order valence-corrected chi connectivity index (χ4v) is 3.88. The Balaban J connectivity index is 2.28. The van der Waals surface area contributed by atoms with Gasteiger partial charge in [0.05, 0.1) is 10.5 Å². The zero-order chi connectivity index (χ0) is 17.2. The van der Waals surface area contributed by atoms with Crippen LogP contribution in [0.4, 0.5) is 13.6 Å². The van der Waals surface area contributed by atoms with Crippen molar-refractivity contribution in [2.75, 3.05) is 12.6 Å². The molecule has 1 amide bonds. The standard InChI is InChI=1S/C13H15BrF2N2O4S/c14-9-3-1-2-8(12(9)16)6-11-10(17-23(21,22)7-15)4-5-18(11)13(19)20/h1-3,10-11,17H,4-7H2,(H,19,20)/t10-,11-/m0/s1. The number of hydrogen-bond donors (Lipinski definition) is 2. The van der Waals surface area contributed by atoms with E-state index in [1.54, 1.807) is 6.07 Å². The predicted molar refractivity (Wildman–Crippen MR) is 82.8 cm³/mol. The van der Waals surface area contributed by atoms with Crippen molar-refractivity contribution in [1.82, 2.24) is 9.62 Å². The summed E-state index contributed by atoms with van der Waals surface area (Å²) in [5.41, 5.74) is 0.252. The van der Waals surface area contributed by atoms with Crippen LogP contribution < -0.4 is 4.72 Å². The van der Waals surface area contributed by atoms with Crippen molar-refractivity contribution >= 4 is 32.0 Å². The Hall–Kier alpha value is -1.26. The van der Waals surface area contributed by atoms with Gasteiger partial charge in [-0.25, -0.2) is 26.7 Å². The molecule has 1 aliphatic heterocycles. The molecule has 2 rings (SSSR count). The van der Waals surface area contributed by atoms with E-state index >= 15 is 0 Å². The second-order valence-corrected chi connectivity index (χ2v) is 7.74. The van der Waals surface area contributed by atoms with Crippen LogP contribution in [0.15, 0.2) is 22.7 Å². The lowest BCUT2D eigenvalue weighted by Gasteiger charge is -2.26. The molecular formula is C13H15BrF2N2O4S. The monoisotopic (exact) mass is 412 g/mol. The number of rotatable bonds is 5. The van der Waals surface area contributed by atoms with Gasteiger partial charge in [-0.05, 0) is 40.4 Å². The Kier molecular flexibility index (Phi) is 5.58. The molecule has 2 atom stereocenters. The molecule has 0 saturated carbocycles. The van der Waals surface area contributed by atoms with E-state index in [0.29, 0.717) is 0 Å². The first-order chi connectivity index (χ1) is 10.7. The highest BCUT2D eigenvalue weighted by atomic mass is 79.9. The molecular weight excluding hydrogens is 398 g/mol. The lowest BCUT2D eigenvalue weighted by atomic mass is 10.0. The molecule has 1 heterocycles. The number of carboxylic acid groups (broad SMARTS) is 1. The number of likely N-dealkylation sites (tertiary alicyclic amines) is 1. The summed E-state index contributed by atoms with van der Waals surface area (Å²) in [6.07, 6.45) is -1.05. The number of sulfonamides is 1. The van der Waals surface area contributed by atoms with Gasteiger partial charge in [-0.3, -0.25) is 0 Å². The van der Waals surface area contributed by atoms with E-state index in [4.69, 9.17) is 0 Å². The van der Waals surface area contributed by atoms with Crippen LogP contribution in [-0.4, -0.2) is 49.2 Å². The zero-order valence-corrected chi connectivity index (χ0v) is 14.3. The van der Waals surface area contributed by atoms with Gasteiger partial charge in [-0.2, -0.15) is 0 Å². The SMILES string of the molecule is O=C(O)N1CC[C@H](NS(=O)(=O)CF)[C@@H]1Cc1cccc(Br)c1F. The summed E-state index contributed by atoms with van der Waals surface area (Å²) in [6.45, 7) is 0.0924. The highest BCUT2D eigenvalue weighted by molar-refractivity contribution is 9.10. The van der Waals surface area contributed by atoms with E-state index in [0.717, 1.165) is 4.90 Å². The van der Waals surface area contributed by atoms with Gasteiger partial charge in [-0.1, -0.05) is 12.1 Å². The Morgan fingerprint density at radius 1 is 1.48 bits per heavy atom. The van der Waals surface area contributed by atoms with Crippen molar-refractivity contribution in [2.45, 2.75) is 24.9 Å². The number of alkyl halides is 1. The second-order valence-electron chi connectivity index (χ2n) is 5.20. The van der Waals surface area contributed by atoms with E-state index < -0.39 is 40.0 Å². The molecule has 1 aromatic carbocycles. The number of benzene rings is 1. The van der Waals surface area contributed by atoms with Crippen LogP contribution in [0.2, 0.25) is 0 Å². The van der Waals surface area contributed by atoms with Crippen LogP contribution in [0.1, 0.15) is 12.0 Å². The maximum Gasteiger partial charge on any atom is 0.407 e. The number of halogens is 3. The van der Waals surface area contributed by atoms with Crippen LogP contribution in [0.3, 0.4) is 0 Å². The van der Waals surface area contributed by atoms with Gasteiger partial charge in [-0.15, -0.1) is 0 Å². The summed E-state index contributed by atoms with van der Waals surface area (Å²) < 4.78 is 51.8. The molecule has 0 radical (unpaired) electrons. The van der Waals surface area contributed by atoms with Crippen molar-refractivity contribution in [3.63, 3.8) is 0 Å². The largest absolute Gasteiger partial charge is 0.465 e. The first-order valence-corrected chi connectivity index (χ1v) is 9.18. The third kappa shape index (κ3) is 4.18. The molecule has 23 heavy (non-hydrogen) atoms. The quantitative estimate of drug-likeness (QED) is 0.774. The summed E-state index contributed by atoms with van der Waals surface area (Å²) in [6, 6.07) is 1.41. The molecule has 0 aliphatic carbocycles. The van der Waals surface area contributed by atoms with E-state index in [-0.39, 0.29) is 29.4 Å². The first kappa shape index (κ1) is 18.1. The predicted octanol–water partition coefficient (Wildman–Crippen LogP) is 2.10. The number of nitrogens with one attached hydrogen (secondary N) is 1. The fraction of sp³-hybridized carbons (Fsp3) is 0.462. The number of amides is 1. The summed E-state index contributed by atoms with van der Waals surface area (Å²) in [7, 11) is -4.13. The number of carbonyl (C=O) groups is 1. The summed E-state index contributed by atoms with van der Waals surface area (Å²) in [4.78, 5) is 12.4. The van der Waals surface area contributed by atoms with Crippen LogP contribution in [0.5, 0.6) is 0 Å². The third-order valence-electron chi connectivity index (χ3n) is 3.73. The van der Waals surface area contributed by atoms with Gasteiger partial charge in [0, 0.05) is 12.6 Å². The summed E-state index contributed by atoms with van der Waals surface area (Å²) in [5, 5.41) is 9.23. The second kappa shape index (κ2) is 7.10. The fourth-order valence-electron chi connectivity index (χ4n) is 2.67. The molecule has 0 spiro atoms. The molecule has 0 bridgehead atoms. The highest BCUT2D eigenvalue weighted by Gasteiger charge is 2.39. The maximum atomic E-state index is 14.1. The van der Waals surface area contributed by atoms with E-state index in [2.05, 4.69) is 20.7 Å². The molecule has 1 saturated heterocycles. The molecule has 10 heteroatoms. The average molecular weight is 413 g/mol. The molecule has 2 N–H and O–H groups in total. The minimum absolute atomic E-state index is 0.0168. The normalized spacial score (nSPS) is 21.6. The van der Waals surface area contributed by atoms with Crippen LogP contribution >= 0.6 is 15.9 Å². The highest BCUT2D eigenvalue weighted by Crippen LogP contribution is 2.26. The summed E-state index contributed by atoms with van der Waals surface area (Å²) >= 11 is 3.05.